The zero-order valence-corrected chi connectivity index (χ0v) is 14.7. The average molecular weight is 331 g/mol. The highest BCUT2D eigenvalue weighted by atomic mass is 28.3. The second kappa shape index (κ2) is 7.91. The molecule has 0 saturated carbocycles. The van der Waals surface area contributed by atoms with E-state index >= 15 is 0 Å². The van der Waals surface area contributed by atoms with Gasteiger partial charge in [-0.2, -0.15) is 0 Å². The molecule has 1 N–H and O–H groups in total. The van der Waals surface area contributed by atoms with Crippen LogP contribution in [0, 0.1) is 0 Å². The zero-order valence-electron chi connectivity index (χ0n) is 13.7. The summed E-state index contributed by atoms with van der Waals surface area (Å²) < 4.78 is 0. The fraction of sp³-hybridized carbons (Fsp3) is 0.0909. The lowest BCUT2D eigenvalue weighted by Crippen LogP contribution is -2.66. The normalized spacial score (nSPS) is 11.7. The van der Waals surface area contributed by atoms with Gasteiger partial charge in [-0.25, -0.2) is 0 Å². The van der Waals surface area contributed by atoms with E-state index in [9.17, 15) is 5.11 Å². The Balaban J connectivity index is 2.28. The van der Waals surface area contributed by atoms with E-state index in [4.69, 9.17) is 0 Å². The lowest BCUT2D eigenvalue weighted by Gasteiger charge is -2.30. The van der Waals surface area contributed by atoms with Gasteiger partial charge in [-0.15, -0.1) is 0 Å². The summed E-state index contributed by atoms with van der Waals surface area (Å²) in [4.78, 5) is 0. The van der Waals surface area contributed by atoms with Gasteiger partial charge in [0.25, 0.3) is 0 Å². The minimum atomic E-state index is -2.25. The molecule has 0 aliphatic heterocycles. The van der Waals surface area contributed by atoms with Crippen molar-refractivity contribution in [1.82, 2.24) is 0 Å². The molecule has 120 valence electrons. The van der Waals surface area contributed by atoms with Gasteiger partial charge >= 0.3 is 0 Å². The third kappa shape index (κ3) is 3.25. The van der Waals surface area contributed by atoms with Crippen LogP contribution in [0.4, 0.5) is 0 Å². The molecular weight excluding hydrogens is 308 g/mol. The van der Waals surface area contributed by atoms with Gasteiger partial charge in [-0.1, -0.05) is 103 Å². The molecule has 0 unspecified atom stereocenters. The molecule has 24 heavy (non-hydrogen) atoms. The minimum Gasteiger partial charge on any atom is -0.396 e. The van der Waals surface area contributed by atoms with E-state index < -0.39 is 8.07 Å². The highest BCUT2D eigenvalue weighted by molar-refractivity contribution is 7.14. The molecule has 2 heteroatoms. The molecule has 0 spiro atoms. The third-order valence-corrected chi connectivity index (χ3v) is 8.82. The van der Waals surface area contributed by atoms with E-state index in [2.05, 4.69) is 103 Å². The number of aliphatic hydroxyl groups is 1. The molecule has 3 aromatic rings. The van der Waals surface area contributed by atoms with Gasteiger partial charge in [0.15, 0.2) is 8.07 Å². The smallest absolute Gasteiger partial charge is 0.172 e. The van der Waals surface area contributed by atoms with Crippen molar-refractivity contribution in [3.63, 3.8) is 0 Å². The highest BCUT2D eigenvalue weighted by Crippen LogP contribution is 2.10. The van der Waals surface area contributed by atoms with E-state index in [1.54, 1.807) is 0 Å². The monoisotopic (exact) mass is 330 g/mol. The minimum absolute atomic E-state index is 0.180. The average Bonchev–Trinajstić information content (AvgIpc) is 2.68. The van der Waals surface area contributed by atoms with Crippen molar-refractivity contribution in [3.8, 4) is 0 Å². The molecule has 3 rings (SSSR count). The number of benzene rings is 3. The molecule has 0 aromatic heterocycles. The molecule has 0 amide bonds. The molecule has 0 aliphatic rings. The van der Waals surface area contributed by atoms with Crippen LogP contribution in [0.2, 0.25) is 0 Å². The topological polar surface area (TPSA) is 20.2 Å². The first kappa shape index (κ1) is 16.4. The maximum absolute atomic E-state index is 9.24. The van der Waals surface area contributed by atoms with E-state index in [-0.39, 0.29) is 6.61 Å². The predicted octanol–water partition coefficient (Wildman–Crippen LogP) is 2.63. The van der Waals surface area contributed by atoms with Crippen molar-refractivity contribution in [2.75, 3.05) is 6.61 Å². The first-order chi connectivity index (χ1) is 11.9. The van der Waals surface area contributed by atoms with Crippen LogP contribution in [-0.2, 0) is 0 Å². The van der Waals surface area contributed by atoms with Gasteiger partial charge in [0, 0.05) is 6.61 Å². The lowest BCUT2D eigenvalue weighted by atomic mass is 10.3. The van der Waals surface area contributed by atoms with Gasteiger partial charge < -0.3 is 5.11 Å². The van der Waals surface area contributed by atoms with Gasteiger partial charge in [0.1, 0.15) is 0 Å². The summed E-state index contributed by atoms with van der Waals surface area (Å²) in [5.74, 6) is 0. The van der Waals surface area contributed by atoms with Gasteiger partial charge in [-0.05, 0) is 22.0 Å². The Morgan fingerprint density at radius 1 is 0.625 bits per heavy atom. The maximum atomic E-state index is 9.24. The Kier molecular flexibility index (Phi) is 5.42. The van der Waals surface area contributed by atoms with Crippen LogP contribution < -0.4 is 15.6 Å². The Labute approximate surface area is 144 Å². The first-order valence-corrected chi connectivity index (χ1v) is 10.4. The third-order valence-electron chi connectivity index (χ3n) is 4.35. The molecule has 0 saturated heterocycles. The summed E-state index contributed by atoms with van der Waals surface area (Å²) >= 11 is 0. The first-order valence-electron chi connectivity index (χ1n) is 8.33. The van der Waals surface area contributed by atoms with Crippen LogP contribution in [0.25, 0.3) is 0 Å². The highest BCUT2D eigenvalue weighted by Gasteiger charge is 2.36. The number of hydrogen-bond donors (Lipinski definition) is 1. The van der Waals surface area contributed by atoms with Gasteiger partial charge in [-0.3, -0.25) is 0 Å². The molecule has 0 radical (unpaired) electrons. The quantitative estimate of drug-likeness (QED) is 0.544. The van der Waals surface area contributed by atoms with Crippen molar-refractivity contribution in [1.29, 1.82) is 0 Å². The van der Waals surface area contributed by atoms with Crippen molar-refractivity contribution in [3.05, 3.63) is 103 Å². The van der Waals surface area contributed by atoms with E-state index in [0.717, 1.165) is 0 Å². The predicted molar refractivity (Wildman–Crippen MR) is 105 cm³/mol. The zero-order chi connectivity index (χ0) is 16.7. The van der Waals surface area contributed by atoms with Crippen LogP contribution in [0.1, 0.15) is 6.42 Å². The van der Waals surface area contributed by atoms with E-state index in [1.165, 1.54) is 15.6 Å². The van der Waals surface area contributed by atoms with Crippen molar-refractivity contribution < 1.29 is 5.11 Å². The molecule has 0 bridgehead atoms. The fourth-order valence-electron chi connectivity index (χ4n) is 3.23. The Bertz CT molecular complexity index is 670. The molecule has 0 heterocycles. The number of hydrogen-bond acceptors (Lipinski definition) is 1. The lowest BCUT2D eigenvalue weighted by molar-refractivity contribution is 0.302. The largest absolute Gasteiger partial charge is 0.396 e. The number of rotatable bonds is 6. The summed E-state index contributed by atoms with van der Waals surface area (Å²) in [7, 11) is -2.25. The molecule has 1 nitrogen and oxygen atoms in total. The summed E-state index contributed by atoms with van der Waals surface area (Å²) in [6.07, 6.45) is 2.82. The SMILES string of the molecule is OCC/C=C/[Si](c1ccccc1)(c1ccccc1)c1ccccc1. The molecule has 0 aliphatic carbocycles. The summed E-state index contributed by atoms with van der Waals surface area (Å²) in [6.45, 7) is 0.180. The standard InChI is InChI=1S/C22H22OSi/c23-18-10-11-19-24(20-12-4-1-5-13-20,21-14-6-2-7-15-21)22-16-8-3-9-17-22/h1-9,11-17,19,23H,10,18H2/b19-11+. The Morgan fingerprint density at radius 3 is 1.33 bits per heavy atom. The van der Waals surface area contributed by atoms with Crippen molar-refractivity contribution >= 4 is 23.6 Å². The molecule has 3 aromatic carbocycles. The maximum Gasteiger partial charge on any atom is 0.172 e. The van der Waals surface area contributed by atoms with E-state index in [1.807, 2.05) is 0 Å². The van der Waals surface area contributed by atoms with Crippen LogP contribution >= 0.6 is 0 Å². The van der Waals surface area contributed by atoms with Gasteiger partial charge in [0.05, 0.1) is 0 Å². The van der Waals surface area contributed by atoms with Crippen molar-refractivity contribution in [2.24, 2.45) is 0 Å². The van der Waals surface area contributed by atoms with Crippen LogP contribution in [-0.4, -0.2) is 19.8 Å². The van der Waals surface area contributed by atoms with Crippen molar-refractivity contribution in [2.45, 2.75) is 6.42 Å². The Hall–Kier alpha value is -2.42. The molecule has 0 fully saturated rings. The Morgan fingerprint density at radius 2 is 1.00 bits per heavy atom. The fourth-order valence-corrected chi connectivity index (χ4v) is 7.48. The van der Waals surface area contributed by atoms with Gasteiger partial charge in [0.2, 0.25) is 0 Å². The van der Waals surface area contributed by atoms with Crippen LogP contribution in [0.5, 0.6) is 0 Å². The second-order valence-corrected chi connectivity index (χ2v) is 9.50. The van der Waals surface area contributed by atoms with E-state index in [0.29, 0.717) is 6.42 Å². The van der Waals surface area contributed by atoms with Crippen LogP contribution in [0.15, 0.2) is 103 Å². The summed E-state index contributed by atoms with van der Waals surface area (Å²) in [5, 5.41) is 13.3. The second-order valence-electron chi connectivity index (χ2n) is 5.82. The number of aliphatic hydroxyl groups excluding tert-OH is 1. The molecule has 0 atom stereocenters. The molecular formula is C22H22OSi. The van der Waals surface area contributed by atoms with Crippen LogP contribution in [0.3, 0.4) is 0 Å². The summed E-state index contributed by atoms with van der Waals surface area (Å²) in [6, 6.07) is 32.3. The summed E-state index contributed by atoms with van der Waals surface area (Å²) in [5.41, 5.74) is 2.36.